The molecule has 2 rings (SSSR count). The van der Waals surface area contributed by atoms with Gasteiger partial charge in [0.1, 0.15) is 0 Å². The summed E-state index contributed by atoms with van der Waals surface area (Å²) in [5.74, 6) is -0.832. The highest BCUT2D eigenvalue weighted by atomic mass is 16.4. The molecule has 0 aliphatic carbocycles. The second-order valence-electron chi connectivity index (χ2n) is 6.30. The third-order valence-electron chi connectivity index (χ3n) is 4.40. The average Bonchev–Trinajstić information content (AvgIpc) is 2.87. The second-order valence-corrected chi connectivity index (χ2v) is 6.30. The molecular weight excluding hydrogens is 270 g/mol. The summed E-state index contributed by atoms with van der Waals surface area (Å²) in [6, 6.07) is -0.158. The number of aliphatic carboxylic acids is 1. The van der Waals surface area contributed by atoms with Gasteiger partial charge in [0.05, 0.1) is 6.42 Å². The van der Waals surface area contributed by atoms with Crippen LogP contribution in [0.15, 0.2) is 0 Å². The van der Waals surface area contributed by atoms with E-state index in [1.54, 1.807) is 4.90 Å². The lowest BCUT2D eigenvalue weighted by Crippen LogP contribution is -2.50. The van der Waals surface area contributed by atoms with Gasteiger partial charge in [-0.25, -0.2) is 4.79 Å². The standard InChI is InChI=1S/C15H27N3O3/c1-12(11-17-7-3-2-4-8-17)16-15(21)18-9-5-6-13(18)10-14(19)20/h12-13H,2-11H2,1H3,(H,16,21)(H,19,20). The van der Waals surface area contributed by atoms with Gasteiger partial charge in [-0.05, 0) is 45.7 Å². The number of carbonyl (C=O) groups is 2. The summed E-state index contributed by atoms with van der Waals surface area (Å²) in [4.78, 5) is 27.2. The number of likely N-dealkylation sites (tertiary alicyclic amines) is 2. The fourth-order valence-corrected chi connectivity index (χ4v) is 3.39. The van der Waals surface area contributed by atoms with E-state index in [9.17, 15) is 9.59 Å². The predicted octanol–water partition coefficient (Wildman–Crippen LogP) is 1.51. The van der Waals surface area contributed by atoms with Gasteiger partial charge in [0.25, 0.3) is 0 Å². The smallest absolute Gasteiger partial charge is 0.317 e. The molecule has 2 atom stereocenters. The van der Waals surface area contributed by atoms with Crippen LogP contribution in [0.3, 0.4) is 0 Å². The van der Waals surface area contributed by atoms with Crippen molar-refractivity contribution in [2.24, 2.45) is 0 Å². The van der Waals surface area contributed by atoms with Crippen molar-refractivity contribution in [2.45, 2.75) is 57.5 Å². The molecule has 2 N–H and O–H groups in total. The molecule has 0 bridgehead atoms. The first-order valence-corrected chi connectivity index (χ1v) is 8.07. The van der Waals surface area contributed by atoms with E-state index in [1.807, 2.05) is 6.92 Å². The molecule has 2 fully saturated rings. The Morgan fingerprint density at radius 2 is 1.90 bits per heavy atom. The fourth-order valence-electron chi connectivity index (χ4n) is 3.39. The Kier molecular flexibility index (Phi) is 5.85. The number of hydrogen-bond donors (Lipinski definition) is 2. The zero-order valence-corrected chi connectivity index (χ0v) is 12.9. The molecule has 0 aromatic carbocycles. The molecule has 21 heavy (non-hydrogen) atoms. The van der Waals surface area contributed by atoms with E-state index >= 15 is 0 Å². The van der Waals surface area contributed by atoms with Crippen LogP contribution in [0, 0.1) is 0 Å². The fraction of sp³-hybridized carbons (Fsp3) is 0.867. The van der Waals surface area contributed by atoms with Crippen molar-refractivity contribution in [2.75, 3.05) is 26.2 Å². The number of urea groups is 1. The monoisotopic (exact) mass is 297 g/mol. The van der Waals surface area contributed by atoms with Gasteiger partial charge in [-0.2, -0.15) is 0 Å². The Hall–Kier alpha value is -1.30. The number of carboxylic acid groups (broad SMARTS) is 1. The lowest BCUT2D eigenvalue weighted by molar-refractivity contribution is -0.137. The molecule has 2 amide bonds. The number of rotatable bonds is 5. The number of carbonyl (C=O) groups excluding carboxylic acids is 1. The third kappa shape index (κ3) is 4.88. The molecule has 0 saturated carbocycles. The minimum Gasteiger partial charge on any atom is -0.481 e. The van der Waals surface area contributed by atoms with Gasteiger partial charge >= 0.3 is 12.0 Å². The Morgan fingerprint density at radius 3 is 2.57 bits per heavy atom. The minimum atomic E-state index is -0.832. The van der Waals surface area contributed by atoms with E-state index in [1.165, 1.54) is 19.3 Å². The van der Waals surface area contributed by atoms with Crippen molar-refractivity contribution in [3.63, 3.8) is 0 Å². The van der Waals surface area contributed by atoms with Crippen molar-refractivity contribution in [3.8, 4) is 0 Å². The van der Waals surface area contributed by atoms with Gasteiger partial charge in [0.15, 0.2) is 0 Å². The largest absolute Gasteiger partial charge is 0.481 e. The predicted molar refractivity (Wildman–Crippen MR) is 80.3 cm³/mol. The van der Waals surface area contributed by atoms with Crippen LogP contribution in [0.25, 0.3) is 0 Å². The first-order chi connectivity index (χ1) is 10.1. The Bertz CT molecular complexity index is 369. The lowest BCUT2D eigenvalue weighted by atomic mass is 10.1. The lowest BCUT2D eigenvalue weighted by Gasteiger charge is -2.31. The summed E-state index contributed by atoms with van der Waals surface area (Å²) >= 11 is 0. The summed E-state index contributed by atoms with van der Waals surface area (Å²) in [7, 11) is 0. The molecule has 2 saturated heterocycles. The van der Waals surface area contributed by atoms with Crippen LogP contribution in [0.5, 0.6) is 0 Å². The van der Waals surface area contributed by atoms with Crippen molar-refractivity contribution in [1.29, 1.82) is 0 Å². The minimum absolute atomic E-state index is 0.0495. The highest BCUT2D eigenvalue weighted by Crippen LogP contribution is 2.20. The molecule has 120 valence electrons. The van der Waals surface area contributed by atoms with Gasteiger partial charge in [-0.1, -0.05) is 6.42 Å². The third-order valence-corrected chi connectivity index (χ3v) is 4.40. The molecule has 0 aromatic heterocycles. The number of nitrogens with one attached hydrogen (secondary N) is 1. The van der Waals surface area contributed by atoms with Gasteiger partial charge < -0.3 is 20.2 Å². The van der Waals surface area contributed by atoms with Crippen molar-refractivity contribution >= 4 is 12.0 Å². The van der Waals surface area contributed by atoms with E-state index in [0.29, 0.717) is 6.54 Å². The van der Waals surface area contributed by atoms with E-state index in [2.05, 4.69) is 10.2 Å². The number of carboxylic acids is 1. The normalized spacial score (nSPS) is 24.8. The topological polar surface area (TPSA) is 72.9 Å². The van der Waals surface area contributed by atoms with E-state index in [-0.39, 0.29) is 24.5 Å². The van der Waals surface area contributed by atoms with Crippen LogP contribution in [0.2, 0.25) is 0 Å². The second kappa shape index (κ2) is 7.64. The molecular formula is C15H27N3O3. The first kappa shape index (κ1) is 16.1. The van der Waals surface area contributed by atoms with Crippen LogP contribution in [-0.2, 0) is 4.79 Å². The average molecular weight is 297 g/mol. The van der Waals surface area contributed by atoms with Crippen LogP contribution < -0.4 is 5.32 Å². The summed E-state index contributed by atoms with van der Waals surface area (Å²) in [6.45, 7) is 5.80. The Labute approximate surface area is 126 Å². The molecule has 0 radical (unpaired) electrons. The van der Waals surface area contributed by atoms with Crippen molar-refractivity contribution in [3.05, 3.63) is 0 Å². The Balaban J connectivity index is 1.78. The van der Waals surface area contributed by atoms with Gasteiger partial charge in [-0.15, -0.1) is 0 Å². The molecule has 2 heterocycles. The van der Waals surface area contributed by atoms with E-state index < -0.39 is 5.97 Å². The van der Waals surface area contributed by atoms with Crippen LogP contribution in [-0.4, -0.2) is 65.2 Å². The summed E-state index contributed by atoms with van der Waals surface area (Å²) in [5, 5.41) is 11.9. The Morgan fingerprint density at radius 1 is 1.19 bits per heavy atom. The van der Waals surface area contributed by atoms with Gasteiger partial charge in [-0.3, -0.25) is 4.79 Å². The maximum Gasteiger partial charge on any atom is 0.317 e. The summed E-state index contributed by atoms with van der Waals surface area (Å²) in [5.41, 5.74) is 0. The van der Waals surface area contributed by atoms with Crippen molar-refractivity contribution < 1.29 is 14.7 Å². The number of piperidine rings is 1. The van der Waals surface area contributed by atoms with Gasteiger partial charge in [0, 0.05) is 25.2 Å². The molecule has 0 spiro atoms. The van der Waals surface area contributed by atoms with Crippen LogP contribution >= 0.6 is 0 Å². The van der Waals surface area contributed by atoms with E-state index in [4.69, 9.17) is 5.11 Å². The van der Waals surface area contributed by atoms with Gasteiger partial charge in [0.2, 0.25) is 0 Å². The highest BCUT2D eigenvalue weighted by molar-refractivity contribution is 5.76. The maximum absolute atomic E-state index is 12.3. The molecule has 2 aliphatic heterocycles. The first-order valence-electron chi connectivity index (χ1n) is 8.07. The molecule has 2 unspecified atom stereocenters. The molecule has 0 aromatic rings. The van der Waals surface area contributed by atoms with Crippen LogP contribution in [0.1, 0.15) is 45.4 Å². The maximum atomic E-state index is 12.3. The summed E-state index contributed by atoms with van der Waals surface area (Å²) < 4.78 is 0. The zero-order chi connectivity index (χ0) is 15.2. The quantitative estimate of drug-likeness (QED) is 0.807. The summed E-state index contributed by atoms with van der Waals surface area (Å²) in [6.07, 6.45) is 5.53. The zero-order valence-electron chi connectivity index (χ0n) is 12.9. The molecule has 6 nitrogen and oxygen atoms in total. The molecule has 2 aliphatic rings. The number of hydrogen-bond acceptors (Lipinski definition) is 3. The van der Waals surface area contributed by atoms with Crippen molar-refractivity contribution in [1.82, 2.24) is 15.1 Å². The number of nitrogens with zero attached hydrogens (tertiary/aromatic N) is 2. The molecule has 6 heteroatoms. The van der Waals surface area contributed by atoms with E-state index in [0.717, 1.165) is 32.5 Å². The van der Waals surface area contributed by atoms with Crippen LogP contribution in [0.4, 0.5) is 4.79 Å². The highest BCUT2D eigenvalue weighted by Gasteiger charge is 2.31. The number of amides is 2. The SMILES string of the molecule is CC(CN1CCCCC1)NC(=O)N1CCCC1CC(=O)O.